The Bertz CT molecular complexity index is 3220. The molecule has 0 aliphatic carbocycles. The average molecular weight is 734 g/mol. The van der Waals surface area contributed by atoms with Crippen LogP contribution in [0.15, 0.2) is 192 Å². The van der Waals surface area contributed by atoms with Crippen molar-refractivity contribution in [3.63, 3.8) is 0 Å². The molecule has 3 aromatic heterocycles. The lowest BCUT2D eigenvalue weighted by molar-refractivity contribution is 0.669. The van der Waals surface area contributed by atoms with Crippen molar-refractivity contribution in [2.24, 2.45) is 0 Å². The zero-order valence-corrected chi connectivity index (χ0v) is 30.9. The highest BCUT2D eigenvalue weighted by atomic mass is 32.1. The van der Waals surface area contributed by atoms with Gasteiger partial charge in [0.1, 0.15) is 11.2 Å². The van der Waals surface area contributed by atoms with Gasteiger partial charge in [-0.15, -0.1) is 11.3 Å². The van der Waals surface area contributed by atoms with Gasteiger partial charge in [0, 0.05) is 47.6 Å². The number of rotatable bonds is 6. The van der Waals surface area contributed by atoms with Crippen LogP contribution in [0.2, 0.25) is 0 Å². The summed E-state index contributed by atoms with van der Waals surface area (Å²) >= 11 is 1.85. The van der Waals surface area contributed by atoms with E-state index in [2.05, 4.69) is 140 Å². The minimum Gasteiger partial charge on any atom is -0.456 e. The molecule has 11 rings (SSSR count). The Labute approximate surface area is 327 Å². The third-order valence-electron chi connectivity index (χ3n) is 10.6. The first-order valence-corrected chi connectivity index (χ1v) is 19.5. The molecule has 262 valence electrons. The van der Waals surface area contributed by atoms with E-state index in [1.54, 1.807) is 0 Å². The zero-order valence-electron chi connectivity index (χ0n) is 30.1. The topological polar surface area (TPSA) is 51.8 Å². The normalized spacial score (nSPS) is 11.6. The minimum atomic E-state index is 0.597. The van der Waals surface area contributed by atoms with E-state index in [-0.39, 0.29) is 0 Å². The lowest BCUT2D eigenvalue weighted by Gasteiger charge is -2.10. The van der Waals surface area contributed by atoms with Crippen LogP contribution >= 0.6 is 11.3 Å². The van der Waals surface area contributed by atoms with Crippen LogP contribution in [0, 0.1) is 0 Å². The molecule has 0 amide bonds. The van der Waals surface area contributed by atoms with Gasteiger partial charge in [0.05, 0.1) is 0 Å². The highest BCUT2D eigenvalue weighted by Gasteiger charge is 2.19. The average Bonchev–Trinajstić information content (AvgIpc) is 3.85. The molecule has 0 N–H and O–H groups in total. The molecule has 4 nitrogen and oxygen atoms in total. The molecule has 0 bridgehead atoms. The number of thiophene rings is 1. The number of hydrogen-bond donors (Lipinski definition) is 0. The predicted octanol–water partition coefficient (Wildman–Crippen LogP) is 14.1. The van der Waals surface area contributed by atoms with Gasteiger partial charge in [-0.1, -0.05) is 158 Å². The summed E-state index contributed by atoms with van der Waals surface area (Å²) in [5, 5.41) is 4.63. The summed E-state index contributed by atoms with van der Waals surface area (Å²) in [5.41, 5.74) is 11.3. The van der Waals surface area contributed by atoms with Gasteiger partial charge >= 0.3 is 0 Å². The van der Waals surface area contributed by atoms with E-state index in [0.29, 0.717) is 17.5 Å². The third-order valence-corrected chi connectivity index (χ3v) is 11.7. The fourth-order valence-corrected chi connectivity index (χ4v) is 8.88. The first-order valence-electron chi connectivity index (χ1n) is 18.7. The van der Waals surface area contributed by atoms with Crippen molar-refractivity contribution in [3.8, 4) is 67.5 Å². The van der Waals surface area contributed by atoms with Crippen molar-refractivity contribution in [1.29, 1.82) is 0 Å². The monoisotopic (exact) mass is 733 g/mol. The van der Waals surface area contributed by atoms with Gasteiger partial charge in [-0.3, -0.25) is 0 Å². The minimum absolute atomic E-state index is 0.597. The van der Waals surface area contributed by atoms with Crippen molar-refractivity contribution in [2.75, 3.05) is 0 Å². The second kappa shape index (κ2) is 13.3. The van der Waals surface area contributed by atoms with Crippen LogP contribution < -0.4 is 0 Å². The third kappa shape index (κ3) is 5.65. The van der Waals surface area contributed by atoms with Gasteiger partial charge in [-0.05, 0) is 63.7 Å². The van der Waals surface area contributed by atoms with Crippen molar-refractivity contribution in [1.82, 2.24) is 15.0 Å². The van der Waals surface area contributed by atoms with Crippen LogP contribution in [-0.4, -0.2) is 15.0 Å². The van der Waals surface area contributed by atoms with Crippen LogP contribution in [0.4, 0.5) is 0 Å². The molecule has 0 fully saturated rings. The lowest BCUT2D eigenvalue weighted by Crippen LogP contribution is -2.00. The summed E-state index contributed by atoms with van der Waals surface area (Å²) in [7, 11) is 0. The number of benzene rings is 8. The van der Waals surface area contributed by atoms with E-state index in [9.17, 15) is 0 Å². The first kappa shape index (κ1) is 32.2. The molecule has 0 saturated carbocycles. The highest BCUT2D eigenvalue weighted by molar-refractivity contribution is 7.25. The molecule has 0 spiro atoms. The smallest absolute Gasteiger partial charge is 0.164 e. The molecule has 0 unspecified atom stereocenters. The molecule has 5 heteroatoms. The second-order valence-corrected chi connectivity index (χ2v) is 15.1. The maximum atomic E-state index is 6.45. The van der Waals surface area contributed by atoms with Gasteiger partial charge in [0.2, 0.25) is 0 Å². The van der Waals surface area contributed by atoms with Crippen molar-refractivity contribution < 1.29 is 4.42 Å². The summed E-state index contributed by atoms with van der Waals surface area (Å²) < 4.78 is 9.08. The van der Waals surface area contributed by atoms with Gasteiger partial charge in [0.15, 0.2) is 17.5 Å². The quantitative estimate of drug-likeness (QED) is 0.171. The molecule has 11 aromatic rings. The van der Waals surface area contributed by atoms with E-state index in [0.717, 1.165) is 55.3 Å². The van der Waals surface area contributed by atoms with Gasteiger partial charge in [-0.25, -0.2) is 15.0 Å². The Balaban J connectivity index is 0.992. The zero-order chi connectivity index (χ0) is 37.0. The molecule has 3 heterocycles. The molecule has 8 aromatic carbocycles. The fourth-order valence-electron chi connectivity index (χ4n) is 7.74. The summed E-state index contributed by atoms with van der Waals surface area (Å²) in [6, 6.07) is 65.7. The lowest BCUT2D eigenvalue weighted by atomic mass is 9.98. The van der Waals surface area contributed by atoms with E-state index >= 15 is 0 Å². The van der Waals surface area contributed by atoms with Crippen molar-refractivity contribution in [3.05, 3.63) is 188 Å². The molecule has 0 atom stereocenters. The molecule has 0 radical (unpaired) electrons. The highest BCUT2D eigenvalue weighted by Crippen LogP contribution is 2.40. The Hall–Kier alpha value is -7.21. The molecule has 0 saturated heterocycles. The van der Waals surface area contributed by atoms with Gasteiger partial charge in [-0.2, -0.15) is 0 Å². The number of aromatic nitrogens is 3. The number of hydrogen-bond acceptors (Lipinski definition) is 5. The Morgan fingerprint density at radius 3 is 1.57 bits per heavy atom. The van der Waals surface area contributed by atoms with Crippen molar-refractivity contribution >= 4 is 53.4 Å². The summed E-state index contributed by atoms with van der Waals surface area (Å²) in [6.45, 7) is 0. The van der Waals surface area contributed by atoms with E-state index in [1.807, 2.05) is 59.9 Å². The fraction of sp³-hybridized carbons (Fsp3) is 0. The Morgan fingerprint density at radius 1 is 0.321 bits per heavy atom. The van der Waals surface area contributed by atoms with Crippen LogP contribution in [0.3, 0.4) is 0 Å². The Kier molecular flexibility index (Phi) is 7.64. The van der Waals surface area contributed by atoms with Gasteiger partial charge in [0.25, 0.3) is 0 Å². The SMILES string of the molecule is c1ccc(-c2ccc(-c3nc(-c4ccccc4)nc(-c4cccc5oc6ccc(-c7ccc(-c8ccc9c(c8)sc8ccccc89)cc7)cc6c45)n3)cc2)cc1. The first-order chi connectivity index (χ1) is 27.7. The van der Waals surface area contributed by atoms with Gasteiger partial charge < -0.3 is 4.42 Å². The molecule has 0 aliphatic rings. The molecular formula is C51H31N3OS. The molecule has 0 aliphatic heterocycles. The summed E-state index contributed by atoms with van der Waals surface area (Å²) in [4.78, 5) is 15.2. The predicted molar refractivity (Wildman–Crippen MR) is 233 cm³/mol. The largest absolute Gasteiger partial charge is 0.456 e. The molecular weight excluding hydrogens is 703 g/mol. The Morgan fingerprint density at radius 2 is 0.839 bits per heavy atom. The second-order valence-electron chi connectivity index (χ2n) is 14.0. The van der Waals surface area contributed by atoms with Crippen LogP contribution in [0.5, 0.6) is 0 Å². The van der Waals surface area contributed by atoms with Crippen LogP contribution in [0.25, 0.3) is 110 Å². The van der Waals surface area contributed by atoms with E-state index < -0.39 is 0 Å². The maximum absolute atomic E-state index is 6.45. The summed E-state index contributed by atoms with van der Waals surface area (Å²) in [5.74, 6) is 1.83. The van der Waals surface area contributed by atoms with Crippen LogP contribution in [0.1, 0.15) is 0 Å². The van der Waals surface area contributed by atoms with Crippen LogP contribution in [-0.2, 0) is 0 Å². The summed E-state index contributed by atoms with van der Waals surface area (Å²) in [6.07, 6.45) is 0. The van der Waals surface area contributed by atoms with E-state index in [4.69, 9.17) is 19.4 Å². The number of fused-ring (bicyclic) bond motifs is 6. The number of furan rings is 1. The number of nitrogens with zero attached hydrogens (tertiary/aromatic N) is 3. The van der Waals surface area contributed by atoms with Crippen molar-refractivity contribution in [2.45, 2.75) is 0 Å². The maximum Gasteiger partial charge on any atom is 0.164 e. The molecule has 56 heavy (non-hydrogen) atoms. The standard InChI is InChI=1S/C51H31N3OS/c1-3-10-32(11-4-1)33-22-24-37(25-23-33)50-52-49(36-12-5-2-6-13-36)53-51(54-50)42-15-9-16-45-48(42)43-30-38(27-29-44(43)55-45)34-18-20-35(21-19-34)39-26-28-41-40-14-7-8-17-46(40)56-47(41)31-39/h1-31H. The van der Waals surface area contributed by atoms with E-state index in [1.165, 1.54) is 36.9 Å².